The Morgan fingerprint density at radius 2 is 1.75 bits per heavy atom. The number of ether oxygens (including phenoxy) is 3. The molecule has 0 atom stereocenters. The van der Waals surface area contributed by atoms with Crippen LogP contribution in [0, 0.1) is 5.41 Å². The summed E-state index contributed by atoms with van der Waals surface area (Å²) in [7, 11) is 2.97. The van der Waals surface area contributed by atoms with Gasteiger partial charge in [0.1, 0.15) is 17.1 Å². The molecular weight excluding hydrogens is 260 g/mol. The third-order valence-corrected chi connectivity index (χ3v) is 3.07. The summed E-state index contributed by atoms with van der Waals surface area (Å²) in [6, 6.07) is 5.09. The molecule has 0 aromatic heterocycles. The number of carbonyl (C=O) groups is 1. The van der Waals surface area contributed by atoms with Gasteiger partial charge in [0, 0.05) is 6.61 Å². The van der Waals surface area contributed by atoms with E-state index in [2.05, 4.69) is 0 Å². The monoisotopic (exact) mass is 282 g/mol. The molecule has 0 saturated carbocycles. The summed E-state index contributed by atoms with van der Waals surface area (Å²) in [5, 5.41) is 9.16. The quantitative estimate of drug-likeness (QED) is 0.777. The van der Waals surface area contributed by atoms with E-state index in [-0.39, 0.29) is 24.2 Å². The molecule has 0 heterocycles. The number of carbonyl (C=O) groups excluding carboxylic acids is 1. The minimum absolute atomic E-state index is 0.0442. The summed E-state index contributed by atoms with van der Waals surface area (Å²) < 4.78 is 15.6. The third-order valence-electron chi connectivity index (χ3n) is 3.07. The van der Waals surface area contributed by atoms with E-state index >= 15 is 0 Å². The molecule has 0 aliphatic carbocycles. The van der Waals surface area contributed by atoms with Gasteiger partial charge in [-0.25, -0.2) is 4.79 Å². The minimum Gasteiger partial charge on any atom is -0.496 e. The van der Waals surface area contributed by atoms with E-state index in [0.717, 1.165) is 0 Å². The smallest absolute Gasteiger partial charge is 0.345 e. The third kappa shape index (κ3) is 4.13. The van der Waals surface area contributed by atoms with Crippen molar-refractivity contribution in [2.24, 2.45) is 5.41 Å². The summed E-state index contributed by atoms with van der Waals surface area (Å²) in [6.07, 6.45) is 0.576. The highest BCUT2D eigenvalue weighted by Crippen LogP contribution is 2.29. The van der Waals surface area contributed by atoms with Crippen molar-refractivity contribution in [3.05, 3.63) is 23.8 Å². The second-order valence-corrected chi connectivity index (χ2v) is 5.25. The lowest BCUT2D eigenvalue weighted by Crippen LogP contribution is -2.20. The van der Waals surface area contributed by atoms with E-state index in [1.807, 2.05) is 13.8 Å². The molecule has 0 fully saturated rings. The second-order valence-electron chi connectivity index (χ2n) is 5.25. The zero-order chi connectivity index (χ0) is 15.2. The topological polar surface area (TPSA) is 65.0 Å². The lowest BCUT2D eigenvalue weighted by atomic mass is 9.91. The van der Waals surface area contributed by atoms with Crippen molar-refractivity contribution in [1.29, 1.82) is 0 Å². The molecule has 0 spiro atoms. The van der Waals surface area contributed by atoms with Gasteiger partial charge in [-0.05, 0) is 24.0 Å². The van der Waals surface area contributed by atoms with Gasteiger partial charge in [-0.1, -0.05) is 19.9 Å². The van der Waals surface area contributed by atoms with Crippen LogP contribution >= 0.6 is 0 Å². The lowest BCUT2D eigenvalue weighted by molar-refractivity contribution is 0.0408. The van der Waals surface area contributed by atoms with Crippen LogP contribution < -0.4 is 9.47 Å². The zero-order valence-corrected chi connectivity index (χ0v) is 12.4. The van der Waals surface area contributed by atoms with Crippen molar-refractivity contribution < 1.29 is 24.1 Å². The van der Waals surface area contributed by atoms with E-state index < -0.39 is 5.97 Å². The van der Waals surface area contributed by atoms with Crippen LogP contribution in [0.25, 0.3) is 0 Å². The summed E-state index contributed by atoms with van der Waals surface area (Å²) >= 11 is 0. The average Bonchev–Trinajstić information content (AvgIpc) is 2.45. The van der Waals surface area contributed by atoms with Gasteiger partial charge in [0.15, 0.2) is 0 Å². The normalized spacial score (nSPS) is 11.1. The first kappa shape index (κ1) is 16.3. The van der Waals surface area contributed by atoms with Crippen LogP contribution in [0.5, 0.6) is 11.5 Å². The van der Waals surface area contributed by atoms with Crippen molar-refractivity contribution in [2.75, 3.05) is 27.4 Å². The zero-order valence-electron chi connectivity index (χ0n) is 12.4. The molecule has 0 aliphatic heterocycles. The van der Waals surface area contributed by atoms with E-state index in [9.17, 15) is 4.79 Å². The number of rotatable bonds is 7. The van der Waals surface area contributed by atoms with Gasteiger partial charge in [0.25, 0.3) is 0 Å². The van der Waals surface area contributed by atoms with Crippen LogP contribution in [0.3, 0.4) is 0 Å². The Balaban J connectivity index is 2.77. The number of hydrogen-bond acceptors (Lipinski definition) is 5. The number of benzene rings is 1. The molecule has 0 aliphatic rings. The maximum atomic E-state index is 12.1. The van der Waals surface area contributed by atoms with Crippen LogP contribution in [0.2, 0.25) is 0 Å². The molecule has 1 aromatic carbocycles. The molecule has 0 saturated heterocycles. The second kappa shape index (κ2) is 7.14. The van der Waals surface area contributed by atoms with Crippen molar-refractivity contribution in [3.8, 4) is 11.5 Å². The first-order valence-electron chi connectivity index (χ1n) is 6.44. The Kier molecular flexibility index (Phi) is 5.82. The Hall–Kier alpha value is -1.75. The number of aliphatic hydroxyl groups is 1. The summed E-state index contributed by atoms with van der Waals surface area (Å²) in [4.78, 5) is 12.1. The maximum Gasteiger partial charge on any atom is 0.345 e. The van der Waals surface area contributed by atoms with E-state index in [4.69, 9.17) is 19.3 Å². The molecule has 1 rings (SSSR count). The van der Waals surface area contributed by atoms with Gasteiger partial charge in [0.05, 0.1) is 20.8 Å². The van der Waals surface area contributed by atoms with Gasteiger partial charge in [0.2, 0.25) is 0 Å². The number of methoxy groups -OCH3 is 2. The SMILES string of the molecule is COc1cccc(OC)c1C(=O)OCCC(C)(C)CO. The average molecular weight is 282 g/mol. The molecule has 112 valence electrons. The molecule has 1 N–H and O–H groups in total. The fourth-order valence-corrected chi connectivity index (χ4v) is 1.62. The van der Waals surface area contributed by atoms with Crippen molar-refractivity contribution in [2.45, 2.75) is 20.3 Å². The highest BCUT2D eigenvalue weighted by molar-refractivity contribution is 5.95. The van der Waals surface area contributed by atoms with Gasteiger partial charge < -0.3 is 19.3 Å². The highest BCUT2D eigenvalue weighted by atomic mass is 16.5. The van der Waals surface area contributed by atoms with Crippen molar-refractivity contribution >= 4 is 5.97 Å². The van der Waals surface area contributed by atoms with E-state index in [1.54, 1.807) is 18.2 Å². The maximum absolute atomic E-state index is 12.1. The standard InChI is InChI=1S/C15H22O5/c1-15(2,10-16)8-9-20-14(17)13-11(18-3)6-5-7-12(13)19-4/h5-7,16H,8-10H2,1-4H3. The van der Waals surface area contributed by atoms with Crippen LogP contribution in [-0.4, -0.2) is 38.5 Å². The fourth-order valence-electron chi connectivity index (χ4n) is 1.62. The molecule has 0 radical (unpaired) electrons. The molecule has 0 amide bonds. The van der Waals surface area contributed by atoms with Crippen LogP contribution in [-0.2, 0) is 4.74 Å². The summed E-state index contributed by atoms with van der Waals surface area (Å²) in [5.41, 5.74) is 0.00446. The molecule has 1 aromatic rings. The molecule has 0 unspecified atom stereocenters. The Morgan fingerprint density at radius 3 is 2.20 bits per heavy atom. The molecule has 20 heavy (non-hydrogen) atoms. The van der Waals surface area contributed by atoms with Crippen LogP contribution in [0.15, 0.2) is 18.2 Å². The van der Waals surface area contributed by atoms with Gasteiger partial charge in [-0.2, -0.15) is 0 Å². The fraction of sp³-hybridized carbons (Fsp3) is 0.533. The van der Waals surface area contributed by atoms with Gasteiger partial charge in [-0.15, -0.1) is 0 Å². The van der Waals surface area contributed by atoms with Crippen molar-refractivity contribution in [3.63, 3.8) is 0 Å². The number of hydrogen-bond donors (Lipinski definition) is 1. The Morgan fingerprint density at radius 1 is 1.20 bits per heavy atom. The molecule has 5 nitrogen and oxygen atoms in total. The van der Waals surface area contributed by atoms with E-state index in [0.29, 0.717) is 17.9 Å². The first-order chi connectivity index (χ1) is 9.45. The lowest BCUT2D eigenvalue weighted by Gasteiger charge is -2.21. The number of aliphatic hydroxyl groups excluding tert-OH is 1. The summed E-state index contributed by atoms with van der Waals surface area (Å²) in [6.45, 7) is 4.09. The van der Waals surface area contributed by atoms with Gasteiger partial charge >= 0.3 is 5.97 Å². The van der Waals surface area contributed by atoms with Crippen LogP contribution in [0.1, 0.15) is 30.6 Å². The molecule has 5 heteroatoms. The number of esters is 1. The predicted molar refractivity (Wildman–Crippen MR) is 75.3 cm³/mol. The minimum atomic E-state index is -0.493. The van der Waals surface area contributed by atoms with E-state index in [1.165, 1.54) is 14.2 Å². The highest BCUT2D eigenvalue weighted by Gasteiger charge is 2.21. The Bertz CT molecular complexity index is 431. The van der Waals surface area contributed by atoms with Crippen molar-refractivity contribution in [1.82, 2.24) is 0 Å². The largest absolute Gasteiger partial charge is 0.496 e. The predicted octanol–water partition coefficient (Wildman–Crippen LogP) is 2.27. The van der Waals surface area contributed by atoms with Crippen LogP contribution in [0.4, 0.5) is 0 Å². The molecular formula is C15H22O5. The van der Waals surface area contributed by atoms with Gasteiger partial charge in [-0.3, -0.25) is 0 Å². The molecule has 0 bridgehead atoms. The Labute approximate surface area is 119 Å². The summed E-state index contributed by atoms with van der Waals surface area (Å²) in [5.74, 6) is 0.333. The first-order valence-corrected chi connectivity index (χ1v) is 6.44.